The van der Waals surface area contributed by atoms with Gasteiger partial charge in [0.25, 0.3) is 0 Å². The molecule has 0 aliphatic carbocycles. The molecule has 19 heavy (non-hydrogen) atoms. The summed E-state index contributed by atoms with van der Waals surface area (Å²) < 4.78 is 5.83. The van der Waals surface area contributed by atoms with Crippen LogP contribution >= 0.6 is 0 Å². The van der Waals surface area contributed by atoms with E-state index in [2.05, 4.69) is 11.9 Å². The lowest BCUT2D eigenvalue weighted by Gasteiger charge is -2.17. The summed E-state index contributed by atoms with van der Waals surface area (Å²) >= 11 is 0. The molecule has 3 heteroatoms. The Bertz CT molecular complexity index is 642. The second kappa shape index (κ2) is 4.86. The van der Waals surface area contributed by atoms with Gasteiger partial charge in [-0.05, 0) is 29.8 Å². The van der Waals surface area contributed by atoms with Gasteiger partial charge in [-0.2, -0.15) is 0 Å². The summed E-state index contributed by atoms with van der Waals surface area (Å²) in [6, 6.07) is 13.8. The van der Waals surface area contributed by atoms with Crippen LogP contribution < -0.4 is 5.73 Å². The van der Waals surface area contributed by atoms with Crippen molar-refractivity contribution in [2.45, 2.75) is 18.9 Å². The van der Waals surface area contributed by atoms with E-state index in [1.165, 1.54) is 5.56 Å². The van der Waals surface area contributed by atoms with Gasteiger partial charge in [-0.15, -0.1) is 0 Å². The van der Waals surface area contributed by atoms with Gasteiger partial charge >= 0.3 is 0 Å². The lowest BCUT2D eigenvalue weighted by atomic mass is 9.93. The first kappa shape index (κ1) is 11.9. The van der Waals surface area contributed by atoms with Crippen molar-refractivity contribution in [1.29, 1.82) is 0 Å². The predicted molar refractivity (Wildman–Crippen MR) is 75.8 cm³/mol. The summed E-state index contributed by atoms with van der Waals surface area (Å²) in [6.07, 6.45) is 3.58. The zero-order chi connectivity index (χ0) is 13.2. The molecule has 0 fully saturated rings. The van der Waals surface area contributed by atoms with E-state index in [1.54, 1.807) is 12.4 Å². The molecule has 2 aromatic heterocycles. The Kier molecular flexibility index (Phi) is 3.05. The molecule has 2 atom stereocenters. The molecule has 0 saturated heterocycles. The van der Waals surface area contributed by atoms with Crippen LogP contribution in [0.15, 0.2) is 59.3 Å². The van der Waals surface area contributed by atoms with Gasteiger partial charge in [0.15, 0.2) is 0 Å². The number of hydrogen-bond acceptors (Lipinski definition) is 3. The molecule has 0 saturated carbocycles. The Morgan fingerprint density at radius 3 is 2.58 bits per heavy atom. The van der Waals surface area contributed by atoms with Crippen molar-refractivity contribution >= 4 is 11.0 Å². The van der Waals surface area contributed by atoms with Crippen molar-refractivity contribution in [3.05, 3.63) is 66.2 Å². The maximum absolute atomic E-state index is 6.32. The van der Waals surface area contributed by atoms with Gasteiger partial charge in [-0.3, -0.25) is 4.98 Å². The number of pyridine rings is 1. The van der Waals surface area contributed by atoms with Crippen LogP contribution in [0.5, 0.6) is 0 Å². The van der Waals surface area contributed by atoms with E-state index in [1.807, 2.05) is 42.5 Å². The van der Waals surface area contributed by atoms with Crippen molar-refractivity contribution in [1.82, 2.24) is 4.98 Å². The number of furan rings is 1. The standard InChI is InChI=1S/C16H16N2O/c1-11(12-6-8-18-9-7-12)16(17)15-10-13-4-2-3-5-14(13)19-15/h2-11,16H,17H2,1H3. The van der Waals surface area contributed by atoms with Crippen LogP contribution in [0, 0.1) is 0 Å². The molecular formula is C16H16N2O. The molecule has 1 aromatic carbocycles. The lowest BCUT2D eigenvalue weighted by Crippen LogP contribution is -2.17. The first-order chi connectivity index (χ1) is 9.25. The maximum Gasteiger partial charge on any atom is 0.134 e. The third kappa shape index (κ3) is 2.25. The van der Waals surface area contributed by atoms with Crippen molar-refractivity contribution < 1.29 is 4.42 Å². The number of nitrogens with two attached hydrogens (primary N) is 1. The van der Waals surface area contributed by atoms with Crippen molar-refractivity contribution in [2.75, 3.05) is 0 Å². The van der Waals surface area contributed by atoms with E-state index in [4.69, 9.17) is 10.2 Å². The summed E-state index contributed by atoms with van der Waals surface area (Å²) in [7, 11) is 0. The SMILES string of the molecule is CC(c1ccncc1)C(N)c1cc2ccccc2o1. The average Bonchev–Trinajstić information content (AvgIpc) is 2.90. The molecule has 0 aliphatic rings. The van der Waals surface area contributed by atoms with Gasteiger partial charge < -0.3 is 10.2 Å². The van der Waals surface area contributed by atoms with Gasteiger partial charge in [0.05, 0.1) is 6.04 Å². The predicted octanol–water partition coefficient (Wildman–Crippen LogP) is 3.63. The quantitative estimate of drug-likeness (QED) is 0.774. The summed E-state index contributed by atoms with van der Waals surface area (Å²) in [6.45, 7) is 2.10. The largest absolute Gasteiger partial charge is 0.459 e. The molecular weight excluding hydrogens is 236 g/mol. The summed E-state index contributed by atoms with van der Waals surface area (Å²) in [5, 5.41) is 1.09. The fraction of sp³-hybridized carbons (Fsp3) is 0.188. The highest BCUT2D eigenvalue weighted by molar-refractivity contribution is 5.77. The number of para-hydroxylation sites is 1. The van der Waals surface area contributed by atoms with Crippen LogP contribution in [-0.2, 0) is 0 Å². The normalized spacial score (nSPS) is 14.4. The van der Waals surface area contributed by atoms with Crippen LogP contribution in [0.25, 0.3) is 11.0 Å². The highest BCUT2D eigenvalue weighted by Crippen LogP contribution is 2.31. The van der Waals surface area contributed by atoms with Crippen molar-refractivity contribution in [3.8, 4) is 0 Å². The van der Waals surface area contributed by atoms with Crippen molar-refractivity contribution in [3.63, 3.8) is 0 Å². The summed E-state index contributed by atoms with van der Waals surface area (Å²) in [5.74, 6) is 1.01. The van der Waals surface area contributed by atoms with Crippen LogP contribution in [0.3, 0.4) is 0 Å². The maximum atomic E-state index is 6.32. The lowest BCUT2D eigenvalue weighted by molar-refractivity contribution is 0.457. The first-order valence-corrected chi connectivity index (χ1v) is 6.39. The molecule has 0 bridgehead atoms. The molecule has 0 amide bonds. The molecule has 3 aromatic rings. The monoisotopic (exact) mass is 252 g/mol. The number of fused-ring (bicyclic) bond motifs is 1. The number of hydrogen-bond donors (Lipinski definition) is 1. The molecule has 2 unspecified atom stereocenters. The van der Waals surface area contributed by atoms with E-state index in [0.717, 1.165) is 16.7 Å². The molecule has 2 heterocycles. The second-order valence-corrected chi connectivity index (χ2v) is 4.78. The van der Waals surface area contributed by atoms with Gasteiger partial charge in [0.2, 0.25) is 0 Å². The summed E-state index contributed by atoms with van der Waals surface area (Å²) in [5.41, 5.74) is 8.37. The smallest absolute Gasteiger partial charge is 0.134 e. The van der Waals surface area contributed by atoms with E-state index >= 15 is 0 Å². The highest BCUT2D eigenvalue weighted by atomic mass is 16.3. The molecule has 0 aliphatic heterocycles. The van der Waals surface area contributed by atoms with Gasteiger partial charge in [0, 0.05) is 23.7 Å². The topological polar surface area (TPSA) is 52.0 Å². The number of benzene rings is 1. The Morgan fingerprint density at radius 2 is 1.84 bits per heavy atom. The second-order valence-electron chi connectivity index (χ2n) is 4.78. The Labute approximate surface area is 112 Å². The minimum Gasteiger partial charge on any atom is -0.459 e. The Morgan fingerprint density at radius 1 is 1.11 bits per heavy atom. The van der Waals surface area contributed by atoms with Crippen LogP contribution in [-0.4, -0.2) is 4.98 Å². The van der Waals surface area contributed by atoms with Crippen LogP contribution in [0.4, 0.5) is 0 Å². The number of aromatic nitrogens is 1. The van der Waals surface area contributed by atoms with Crippen LogP contribution in [0.1, 0.15) is 30.2 Å². The summed E-state index contributed by atoms with van der Waals surface area (Å²) in [4.78, 5) is 4.03. The van der Waals surface area contributed by atoms with E-state index < -0.39 is 0 Å². The fourth-order valence-corrected chi connectivity index (χ4v) is 2.29. The Balaban J connectivity index is 1.93. The molecule has 3 rings (SSSR count). The minimum absolute atomic E-state index is 0.158. The third-order valence-corrected chi connectivity index (χ3v) is 3.54. The van der Waals surface area contributed by atoms with E-state index in [0.29, 0.717) is 0 Å². The van der Waals surface area contributed by atoms with E-state index in [9.17, 15) is 0 Å². The molecule has 2 N–H and O–H groups in total. The van der Waals surface area contributed by atoms with Gasteiger partial charge in [0.1, 0.15) is 11.3 Å². The zero-order valence-electron chi connectivity index (χ0n) is 10.8. The first-order valence-electron chi connectivity index (χ1n) is 6.39. The molecule has 0 radical (unpaired) electrons. The van der Waals surface area contributed by atoms with Gasteiger partial charge in [-0.25, -0.2) is 0 Å². The number of rotatable bonds is 3. The minimum atomic E-state index is -0.158. The number of nitrogens with zero attached hydrogens (tertiary/aromatic N) is 1. The average molecular weight is 252 g/mol. The fourth-order valence-electron chi connectivity index (χ4n) is 2.29. The van der Waals surface area contributed by atoms with E-state index in [-0.39, 0.29) is 12.0 Å². The zero-order valence-corrected chi connectivity index (χ0v) is 10.8. The van der Waals surface area contributed by atoms with Crippen molar-refractivity contribution in [2.24, 2.45) is 5.73 Å². The molecule has 0 spiro atoms. The van der Waals surface area contributed by atoms with Crippen LogP contribution in [0.2, 0.25) is 0 Å². The Hall–Kier alpha value is -2.13. The van der Waals surface area contributed by atoms with Gasteiger partial charge in [-0.1, -0.05) is 25.1 Å². The highest BCUT2D eigenvalue weighted by Gasteiger charge is 2.20. The molecule has 96 valence electrons. The third-order valence-electron chi connectivity index (χ3n) is 3.54. The molecule has 3 nitrogen and oxygen atoms in total.